The summed E-state index contributed by atoms with van der Waals surface area (Å²) in [5.74, 6) is -1.18. The van der Waals surface area contributed by atoms with E-state index < -0.39 is 24.3 Å². The van der Waals surface area contributed by atoms with E-state index in [1.165, 1.54) is 17.0 Å². The maximum Gasteiger partial charge on any atom is 0.418 e. The van der Waals surface area contributed by atoms with Gasteiger partial charge in [-0.15, -0.1) is 0 Å². The van der Waals surface area contributed by atoms with Gasteiger partial charge in [-0.1, -0.05) is 15.9 Å². The van der Waals surface area contributed by atoms with Crippen LogP contribution in [0.5, 0.6) is 0 Å². The summed E-state index contributed by atoms with van der Waals surface area (Å²) in [6.07, 6.45) is -4.53. The highest BCUT2D eigenvalue weighted by molar-refractivity contribution is 9.10. The second-order valence-electron chi connectivity index (χ2n) is 4.27. The van der Waals surface area contributed by atoms with Gasteiger partial charge in [0.2, 0.25) is 0 Å². The zero-order chi connectivity index (χ0) is 14.8. The Morgan fingerprint density at radius 2 is 2.00 bits per heavy atom. The zero-order valence-corrected chi connectivity index (χ0v) is 11.9. The molecule has 0 radical (unpaired) electrons. The summed E-state index contributed by atoms with van der Waals surface area (Å²) >= 11 is 3.11. The maximum atomic E-state index is 13.0. The summed E-state index contributed by atoms with van der Waals surface area (Å²) in [5, 5.41) is 8.82. The van der Waals surface area contributed by atoms with Crippen LogP contribution in [-0.2, 0) is 11.0 Å². The van der Waals surface area contributed by atoms with Crippen LogP contribution in [0.2, 0.25) is 0 Å². The Bertz CT molecular complexity index is 475. The molecule has 0 spiro atoms. The van der Waals surface area contributed by atoms with Crippen LogP contribution in [0.1, 0.15) is 19.4 Å². The molecule has 0 aliphatic heterocycles. The molecule has 106 valence electrons. The third-order valence-electron chi connectivity index (χ3n) is 2.50. The summed E-state index contributed by atoms with van der Waals surface area (Å²) in [4.78, 5) is 12.0. The van der Waals surface area contributed by atoms with E-state index in [1.54, 1.807) is 13.8 Å². The molecule has 3 nitrogen and oxygen atoms in total. The normalized spacial score (nSPS) is 11.7. The van der Waals surface area contributed by atoms with Crippen LogP contribution in [0.15, 0.2) is 22.7 Å². The first-order valence-electron chi connectivity index (χ1n) is 5.48. The maximum absolute atomic E-state index is 13.0. The first kappa shape index (κ1) is 15.8. The topological polar surface area (TPSA) is 40.5 Å². The molecule has 19 heavy (non-hydrogen) atoms. The van der Waals surface area contributed by atoms with E-state index in [-0.39, 0.29) is 11.7 Å². The van der Waals surface area contributed by atoms with E-state index in [4.69, 9.17) is 5.11 Å². The lowest BCUT2D eigenvalue weighted by Gasteiger charge is -2.30. The van der Waals surface area contributed by atoms with E-state index in [0.717, 1.165) is 6.07 Å². The molecule has 0 unspecified atom stereocenters. The van der Waals surface area contributed by atoms with E-state index >= 15 is 0 Å². The van der Waals surface area contributed by atoms with Crippen molar-refractivity contribution < 1.29 is 23.1 Å². The molecule has 0 saturated carbocycles. The molecule has 1 aromatic rings. The van der Waals surface area contributed by atoms with Gasteiger partial charge in [-0.05, 0) is 32.0 Å². The highest BCUT2D eigenvalue weighted by Gasteiger charge is 2.35. The molecule has 0 amide bonds. The van der Waals surface area contributed by atoms with E-state index in [1.807, 2.05) is 0 Å². The second-order valence-corrected chi connectivity index (χ2v) is 5.19. The molecule has 7 heteroatoms. The Hall–Kier alpha value is -1.24. The lowest BCUT2D eigenvalue weighted by Crippen LogP contribution is -2.37. The Kier molecular flexibility index (Phi) is 4.84. The van der Waals surface area contributed by atoms with Gasteiger partial charge < -0.3 is 10.0 Å². The second kappa shape index (κ2) is 5.81. The highest BCUT2D eigenvalue weighted by atomic mass is 79.9. The van der Waals surface area contributed by atoms with Crippen molar-refractivity contribution in [3.63, 3.8) is 0 Å². The van der Waals surface area contributed by atoms with Crippen LogP contribution in [0.4, 0.5) is 18.9 Å². The largest absolute Gasteiger partial charge is 0.480 e. The highest BCUT2D eigenvalue weighted by Crippen LogP contribution is 2.38. The van der Waals surface area contributed by atoms with Gasteiger partial charge in [0, 0.05) is 10.5 Å². The number of anilines is 1. The van der Waals surface area contributed by atoms with Crippen LogP contribution < -0.4 is 4.90 Å². The van der Waals surface area contributed by atoms with Gasteiger partial charge in [-0.2, -0.15) is 13.2 Å². The Balaban J connectivity index is 3.35. The fourth-order valence-electron chi connectivity index (χ4n) is 1.67. The third kappa shape index (κ3) is 4.12. The van der Waals surface area contributed by atoms with Crippen LogP contribution >= 0.6 is 15.9 Å². The average molecular weight is 340 g/mol. The molecule has 0 aliphatic carbocycles. The van der Waals surface area contributed by atoms with Crippen LogP contribution in [0, 0.1) is 0 Å². The lowest BCUT2D eigenvalue weighted by molar-refractivity contribution is -0.138. The van der Waals surface area contributed by atoms with Crippen molar-refractivity contribution in [1.29, 1.82) is 0 Å². The van der Waals surface area contributed by atoms with Crippen molar-refractivity contribution in [2.24, 2.45) is 0 Å². The molecule has 0 saturated heterocycles. The van der Waals surface area contributed by atoms with Gasteiger partial charge in [0.25, 0.3) is 0 Å². The van der Waals surface area contributed by atoms with E-state index in [9.17, 15) is 18.0 Å². The minimum absolute atomic E-state index is 0.140. The van der Waals surface area contributed by atoms with Crippen molar-refractivity contribution in [2.45, 2.75) is 26.1 Å². The van der Waals surface area contributed by atoms with Crippen LogP contribution in [0.3, 0.4) is 0 Å². The molecule has 0 heterocycles. The number of hydrogen-bond acceptors (Lipinski definition) is 2. The number of alkyl halides is 3. The van der Waals surface area contributed by atoms with Crippen molar-refractivity contribution in [1.82, 2.24) is 0 Å². The summed E-state index contributed by atoms with van der Waals surface area (Å²) in [6.45, 7) is 2.80. The Morgan fingerprint density at radius 1 is 1.42 bits per heavy atom. The van der Waals surface area contributed by atoms with Gasteiger partial charge in [-0.25, -0.2) is 0 Å². The number of carboxylic acid groups (broad SMARTS) is 1. The Morgan fingerprint density at radius 3 is 2.42 bits per heavy atom. The van der Waals surface area contributed by atoms with Gasteiger partial charge in [0.05, 0.1) is 11.3 Å². The molecule has 1 N–H and O–H groups in total. The predicted octanol–water partition coefficient (Wildman–Crippen LogP) is 3.77. The van der Waals surface area contributed by atoms with Gasteiger partial charge in [0.1, 0.15) is 6.54 Å². The molecular weight excluding hydrogens is 327 g/mol. The monoisotopic (exact) mass is 339 g/mol. The molecule has 0 bridgehead atoms. The average Bonchev–Trinajstić information content (AvgIpc) is 2.23. The standard InChI is InChI=1S/C12H13BrF3NO2/c1-7(2)17(6-11(18)19)10-5-8(13)3-4-9(10)12(14,15)16/h3-5,7H,6H2,1-2H3,(H,18,19). The fraction of sp³-hybridized carbons (Fsp3) is 0.417. The van der Waals surface area contributed by atoms with Gasteiger partial charge >= 0.3 is 12.1 Å². The molecule has 0 atom stereocenters. The number of halogens is 4. The summed E-state index contributed by atoms with van der Waals surface area (Å²) in [6, 6.07) is 3.14. The number of hydrogen-bond donors (Lipinski definition) is 1. The molecular formula is C12H13BrF3NO2. The quantitative estimate of drug-likeness (QED) is 0.907. The first-order chi connectivity index (χ1) is 8.62. The molecule has 0 fully saturated rings. The van der Waals surface area contributed by atoms with Gasteiger partial charge in [0.15, 0.2) is 0 Å². The SMILES string of the molecule is CC(C)N(CC(=O)O)c1cc(Br)ccc1C(F)(F)F. The molecule has 1 aromatic carbocycles. The summed E-state index contributed by atoms with van der Waals surface area (Å²) in [7, 11) is 0. The summed E-state index contributed by atoms with van der Waals surface area (Å²) in [5.41, 5.74) is -0.982. The number of rotatable bonds is 4. The number of nitrogens with zero attached hydrogens (tertiary/aromatic N) is 1. The Labute approximate surface area is 117 Å². The first-order valence-corrected chi connectivity index (χ1v) is 6.27. The van der Waals surface area contributed by atoms with Gasteiger partial charge in [-0.3, -0.25) is 4.79 Å². The smallest absolute Gasteiger partial charge is 0.418 e. The number of aliphatic carboxylic acids is 1. The zero-order valence-electron chi connectivity index (χ0n) is 10.3. The number of carboxylic acids is 1. The minimum Gasteiger partial charge on any atom is -0.480 e. The van der Waals surface area contributed by atoms with E-state index in [2.05, 4.69) is 15.9 Å². The van der Waals surface area contributed by atoms with Crippen LogP contribution in [0.25, 0.3) is 0 Å². The third-order valence-corrected chi connectivity index (χ3v) is 3.00. The number of carbonyl (C=O) groups is 1. The number of benzene rings is 1. The van der Waals surface area contributed by atoms with Crippen molar-refractivity contribution >= 4 is 27.6 Å². The van der Waals surface area contributed by atoms with Crippen LogP contribution in [-0.4, -0.2) is 23.7 Å². The fourth-order valence-corrected chi connectivity index (χ4v) is 2.02. The molecule has 1 rings (SSSR count). The molecule has 0 aromatic heterocycles. The van der Waals surface area contributed by atoms with E-state index in [0.29, 0.717) is 4.47 Å². The lowest BCUT2D eigenvalue weighted by atomic mass is 10.1. The van der Waals surface area contributed by atoms with Crippen molar-refractivity contribution in [3.05, 3.63) is 28.2 Å². The van der Waals surface area contributed by atoms with Crippen molar-refractivity contribution in [2.75, 3.05) is 11.4 Å². The minimum atomic E-state index is -4.53. The summed E-state index contributed by atoms with van der Waals surface area (Å²) < 4.78 is 39.3. The predicted molar refractivity (Wildman–Crippen MR) is 69.3 cm³/mol. The van der Waals surface area contributed by atoms with Crippen molar-refractivity contribution in [3.8, 4) is 0 Å². The molecule has 0 aliphatic rings.